The van der Waals surface area contributed by atoms with E-state index >= 15 is 0 Å². The van der Waals surface area contributed by atoms with Crippen molar-refractivity contribution in [2.45, 2.75) is 21.3 Å². The van der Waals surface area contributed by atoms with E-state index in [4.69, 9.17) is 4.74 Å². The van der Waals surface area contributed by atoms with Crippen molar-refractivity contribution in [3.63, 3.8) is 0 Å². The van der Waals surface area contributed by atoms with Crippen LogP contribution in [0.3, 0.4) is 0 Å². The smallest absolute Gasteiger partial charge is 0.119 e. The molecule has 3 N–H and O–H groups in total. The molecule has 0 unspecified atom stereocenters. The lowest BCUT2D eigenvalue weighted by molar-refractivity contribution is 0.415. The fourth-order valence-corrected chi connectivity index (χ4v) is 8.30. The highest BCUT2D eigenvalue weighted by molar-refractivity contribution is 7.99. The number of aryl methyl sites for hydroxylation is 2. The number of aromatic hydroxyl groups is 3. The predicted molar refractivity (Wildman–Crippen MR) is 167 cm³/mol. The number of rotatable bonds is 1. The lowest BCUT2D eigenvalue weighted by Crippen LogP contribution is -1.99. The van der Waals surface area contributed by atoms with Gasteiger partial charge in [0.15, 0.2) is 0 Å². The molecule has 2 aliphatic rings. The number of ether oxygens (including phenoxy) is 1. The number of phenols is 3. The lowest BCUT2D eigenvalue weighted by atomic mass is 10.1. The molecule has 0 saturated heterocycles. The van der Waals surface area contributed by atoms with Gasteiger partial charge in [0.05, 0.1) is 18.5 Å². The van der Waals surface area contributed by atoms with Crippen molar-refractivity contribution >= 4 is 45.3 Å². The highest BCUT2D eigenvalue weighted by Gasteiger charge is 2.25. The minimum Gasteiger partial charge on any atom is -0.508 e. The summed E-state index contributed by atoms with van der Waals surface area (Å²) in [6, 6.07) is 22.8. The molecule has 4 aromatic carbocycles. The summed E-state index contributed by atoms with van der Waals surface area (Å²) in [5, 5.41) is 31.4. The Hall–Kier alpha value is -4.14. The first-order chi connectivity index (χ1) is 19.8. The molecule has 6 nitrogen and oxygen atoms in total. The molecule has 8 rings (SSSR count). The van der Waals surface area contributed by atoms with Crippen LogP contribution in [0, 0.1) is 0 Å². The molecular formula is C33H28N2O4S2. The molecular weight excluding hydrogens is 553 g/mol. The summed E-state index contributed by atoms with van der Waals surface area (Å²) in [6.45, 7) is 0. The third-order valence-electron chi connectivity index (χ3n) is 7.98. The average molecular weight is 581 g/mol. The second kappa shape index (κ2) is 9.75. The number of aromatic nitrogens is 2. The van der Waals surface area contributed by atoms with Gasteiger partial charge in [0, 0.05) is 68.3 Å². The van der Waals surface area contributed by atoms with Gasteiger partial charge in [0.25, 0.3) is 0 Å². The molecule has 41 heavy (non-hydrogen) atoms. The maximum atomic E-state index is 9.72. The van der Waals surface area contributed by atoms with Crippen LogP contribution in [-0.4, -0.2) is 31.6 Å². The largest absolute Gasteiger partial charge is 0.508 e. The predicted octanol–water partition coefficient (Wildman–Crippen LogP) is 8.03. The zero-order valence-electron chi connectivity index (χ0n) is 22.8. The van der Waals surface area contributed by atoms with Crippen LogP contribution < -0.4 is 4.74 Å². The maximum Gasteiger partial charge on any atom is 0.119 e. The van der Waals surface area contributed by atoms with E-state index in [1.54, 1.807) is 48.8 Å². The van der Waals surface area contributed by atoms with Crippen molar-refractivity contribution in [2.24, 2.45) is 14.1 Å². The Balaban J connectivity index is 0.000000135. The standard InChI is InChI=1S/C17H15NO2S.C16H13NO2S/c1-18-15-6-4-11(20-2)8-13(15)14-9-21-16-7-10(19)3-5-12(16)17(14)18;1-17-14-5-3-9(18)6-12(14)13-8-20-15-7-10(19)2-4-11(15)16(13)17/h3-8,19H,9H2,1-2H3;2-7,18-19H,8H2,1H3. The number of fused-ring (bicyclic) bond motifs is 10. The van der Waals surface area contributed by atoms with Gasteiger partial charge in [-0.15, -0.1) is 23.5 Å². The molecule has 0 radical (unpaired) electrons. The normalized spacial score (nSPS) is 13.1. The van der Waals surface area contributed by atoms with Gasteiger partial charge >= 0.3 is 0 Å². The van der Waals surface area contributed by atoms with Crippen LogP contribution in [0.5, 0.6) is 23.0 Å². The van der Waals surface area contributed by atoms with Crippen molar-refractivity contribution in [1.29, 1.82) is 0 Å². The van der Waals surface area contributed by atoms with E-state index in [1.165, 1.54) is 39.0 Å². The number of methoxy groups -OCH3 is 1. The Bertz CT molecular complexity index is 2010. The van der Waals surface area contributed by atoms with E-state index < -0.39 is 0 Å². The van der Waals surface area contributed by atoms with Crippen molar-refractivity contribution in [3.05, 3.63) is 83.9 Å². The van der Waals surface area contributed by atoms with Gasteiger partial charge in [-0.2, -0.15) is 0 Å². The SMILES string of the molecule is COc1ccc2c(c1)c1c(n2C)-c2ccc(O)cc2SC1.Cn1c2c(c3cc(O)ccc31)CSc1cc(O)ccc1-2. The molecule has 4 heterocycles. The second-order valence-corrected chi connectivity index (χ2v) is 12.3. The summed E-state index contributed by atoms with van der Waals surface area (Å²) in [5.41, 5.74) is 9.68. The quantitative estimate of drug-likeness (QED) is 0.183. The lowest BCUT2D eigenvalue weighted by Gasteiger charge is -2.18. The third-order valence-corrected chi connectivity index (χ3v) is 10.1. The number of phenolic OH excluding ortho intramolecular Hbond substituents is 3. The van der Waals surface area contributed by atoms with Crippen LogP contribution in [0.4, 0.5) is 0 Å². The number of thioether (sulfide) groups is 2. The van der Waals surface area contributed by atoms with Gasteiger partial charge in [0.2, 0.25) is 0 Å². The van der Waals surface area contributed by atoms with Gasteiger partial charge in [-0.25, -0.2) is 0 Å². The Labute approximate surface area is 245 Å². The topological polar surface area (TPSA) is 79.8 Å². The highest BCUT2D eigenvalue weighted by atomic mass is 32.2. The molecule has 8 heteroatoms. The molecule has 0 atom stereocenters. The van der Waals surface area contributed by atoms with Gasteiger partial charge in [-0.1, -0.05) is 0 Å². The summed E-state index contributed by atoms with van der Waals surface area (Å²) in [7, 11) is 5.84. The van der Waals surface area contributed by atoms with E-state index in [1.807, 2.05) is 49.5 Å². The molecule has 0 spiro atoms. The fourth-order valence-electron chi connectivity index (χ4n) is 6.07. The second-order valence-electron chi connectivity index (χ2n) is 10.3. The van der Waals surface area contributed by atoms with E-state index in [-0.39, 0.29) is 0 Å². The Morgan fingerprint density at radius 2 is 1.07 bits per heavy atom. The molecule has 0 saturated carbocycles. The van der Waals surface area contributed by atoms with Crippen LogP contribution in [0.15, 0.2) is 82.6 Å². The van der Waals surface area contributed by atoms with Crippen LogP contribution in [-0.2, 0) is 25.6 Å². The average Bonchev–Trinajstić information content (AvgIpc) is 3.43. The maximum absolute atomic E-state index is 9.72. The van der Waals surface area contributed by atoms with E-state index in [0.29, 0.717) is 17.2 Å². The number of hydrogen-bond donors (Lipinski definition) is 3. The van der Waals surface area contributed by atoms with Crippen molar-refractivity contribution in [1.82, 2.24) is 9.13 Å². The third kappa shape index (κ3) is 4.12. The van der Waals surface area contributed by atoms with Crippen LogP contribution >= 0.6 is 23.5 Å². The molecule has 2 aromatic heterocycles. The van der Waals surface area contributed by atoms with Crippen molar-refractivity contribution in [3.8, 4) is 45.5 Å². The Morgan fingerprint density at radius 3 is 1.61 bits per heavy atom. The van der Waals surface area contributed by atoms with Crippen LogP contribution in [0.1, 0.15) is 11.1 Å². The molecule has 0 amide bonds. The fraction of sp³-hybridized carbons (Fsp3) is 0.152. The van der Waals surface area contributed by atoms with Gasteiger partial charge in [-0.05, 0) is 83.9 Å². The van der Waals surface area contributed by atoms with Crippen molar-refractivity contribution < 1.29 is 20.1 Å². The van der Waals surface area contributed by atoms with E-state index in [2.05, 4.69) is 28.3 Å². The van der Waals surface area contributed by atoms with Crippen LogP contribution in [0.25, 0.3) is 44.3 Å². The zero-order chi connectivity index (χ0) is 28.4. The molecule has 0 bridgehead atoms. The van der Waals surface area contributed by atoms with E-state index in [0.717, 1.165) is 43.5 Å². The van der Waals surface area contributed by atoms with Gasteiger partial charge in [0.1, 0.15) is 23.0 Å². The molecule has 0 fully saturated rings. The van der Waals surface area contributed by atoms with Gasteiger partial charge < -0.3 is 29.2 Å². The number of benzene rings is 4. The summed E-state index contributed by atoms with van der Waals surface area (Å²) >= 11 is 3.50. The summed E-state index contributed by atoms with van der Waals surface area (Å²) in [6.07, 6.45) is 0. The molecule has 2 aliphatic heterocycles. The highest BCUT2D eigenvalue weighted by Crippen LogP contribution is 2.48. The monoisotopic (exact) mass is 580 g/mol. The Kier molecular flexibility index (Phi) is 6.14. The van der Waals surface area contributed by atoms with Crippen molar-refractivity contribution in [2.75, 3.05) is 7.11 Å². The summed E-state index contributed by atoms with van der Waals surface area (Å²) in [5.74, 6) is 3.58. The molecule has 206 valence electrons. The molecule has 6 aromatic rings. The number of nitrogens with zero attached hydrogens (tertiary/aromatic N) is 2. The first-order valence-corrected chi connectivity index (χ1v) is 15.2. The van der Waals surface area contributed by atoms with E-state index in [9.17, 15) is 15.3 Å². The van der Waals surface area contributed by atoms with Gasteiger partial charge in [-0.3, -0.25) is 0 Å². The zero-order valence-corrected chi connectivity index (χ0v) is 24.4. The first kappa shape index (κ1) is 25.8. The number of hydrogen-bond acceptors (Lipinski definition) is 6. The van der Waals surface area contributed by atoms with Crippen LogP contribution in [0.2, 0.25) is 0 Å². The summed E-state index contributed by atoms with van der Waals surface area (Å²) < 4.78 is 9.76. The minimum atomic E-state index is 0.299. The minimum absolute atomic E-state index is 0.299. The molecule has 0 aliphatic carbocycles. The Morgan fingerprint density at radius 1 is 0.610 bits per heavy atom. The summed E-state index contributed by atoms with van der Waals surface area (Å²) in [4.78, 5) is 2.24. The first-order valence-electron chi connectivity index (χ1n) is 13.2.